The number of carbonyl (C=O) groups excluding carboxylic acids is 1. The van der Waals surface area contributed by atoms with Gasteiger partial charge < -0.3 is 24.2 Å². The van der Waals surface area contributed by atoms with Gasteiger partial charge in [-0.25, -0.2) is 4.79 Å². The van der Waals surface area contributed by atoms with Gasteiger partial charge in [-0.1, -0.05) is 11.6 Å². The zero-order valence-corrected chi connectivity index (χ0v) is 16.4. The molecule has 3 rings (SSSR count). The van der Waals surface area contributed by atoms with Gasteiger partial charge in [-0.3, -0.25) is 4.79 Å². The fourth-order valence-electron chi connectivity index (χ4n) is 4.27. The maximum Gasteiger partial charge on any atom is 0.410 e. The molecule has 3 unspecified atom stereocenters. The molecule has 0 radical (unpaired) electrons. The lowest BCUT2D eigenvalue weighted by Crippen LogP contribution is -2.52. The predicted molar refractivity (Wildman–Crippen MR) is 98.4 cm³/mol. The Bertz CT molecular complexity index is 581. The highest BCUT2D eigenvalue weighted by atomic mass is 16.6. The molecule has 27 heavy (non-hydrogen) atoms. The number of aliphatic carboxylic acids is 1. The van der Waals surface area contributed by atoms with Crippen molar-refractivity contribution in [2.75, 3.05) is 20.2 Å². The summed E-state index contributed by atoms with van der Waals surface area (Å²) in [6.45, 7) is 5.11. The normalized spacial score (nSPS) is 33.1. The topological polar surface area (TPSA) is 88.6 Å². The van der Waals surface area contributed by atoms with Crippen molar-refractivity contribution in [2.24, 2.45) is 11.8 Å². The van der Waals surface area contributed by atoms with E-state index in [-0.39, 0.29) is 48.8 Å². The molecule has 152 valence electrons. The molecule has 0 bridgehead atoms. The van der Waals surface area contributed by atoms with E-state index in [0.29, 0.717) is 13.1 Å². The van der Waals surface area contributed by atoms with Crippen LogP contribution >= 0.6 is 0 Å². The molecular weight excluding hydrogens is 350 g/mol. The second-order valence-corrected chi connectivity index (χ2v) is 8.28. The first-order valence-electron chi connectivity index (χ1n) is 9.86. The van der Waals surface area contributed by atoms with E-state index >= 15 is 0 Å². The molecule has 1 saturated carbocycles. The molecule has 3 aliphatic rings. The third kappa shape index (κ3) is 5.23. The van der Waals surface area contributed by atoms with Crippen LogP contribution in [0.2, 0.25) is 0 Å². The molecule has 5 atom stereocenters. The van der Waals surface area contributed by atoms with Crippen LogP contribution in [0.15, 0.2) is 11.6 Å². The van der Waals surface area contributed by atoms with E-state index in [9.17, 15) is 9.59 Å². The summed E-state index contributed by atoms with van der Waals surface area (Å²) >= 11 is 0. The quantitative estimate of drug-likeness (QED) is 0.539. The first kappa shape index (κ1) is 20.1. The number of methoxy groups -OCH3 is 1. The van der Waals surface area contributed by atoms with Crippen molar-refractivity contribution < 1.29 is 28.9 Å². The first-order valence-corrected chi connectivity index (χ1v) is 9.86. The molecule has 7 nitrogen and oxygen atoms in total. The summed E-state index contributed by atoms with van der Waals surface area (Å²) in [4.78, 5) is 24.6. The van der Waals surface area contributed by atoms with E-state index in [1.807, 2.05) is 0 Å². The zero-order chi connectivity index (χ0) is 19.6. The number of epoxide rings is 1. The van der Waals surface area contributed by atoms with Crippen LogP contribution in [-0.2, 0) is 19.0 Å². The Morgan fingerprint density at radius 2 is 2.00 bits per heavy atom. The number of rotatable bonds is 7. The van der Waals surface area contributed by atoms with E-state index in [0.717, 1.165) is 25.7 Å². The van der Waals surface area contributed by atoms with E-state index in [1.165, 1.54) is 5.57 Å². The zero-order valence-electron chi connectivity index (χ0n) is 16.4. The van der Waals surface area contributed by atoms with Crippen molar-refractivity contribution in [1.82, 2.24) is 4.90 Å². The monoisotopic (exact) mass is 381 g/mol. The fourth-order valence-corrected chi connectivity index (χ4v) is 4.27. The van der Waals surface area contributed by atoms with E-state index in [1.54, 1.807) is 12.0 Å². The summed E-state index contributed by atoms with van der Waals surface area (Å²) in [5.74, 6) is -0.531. The number of hydrogen-bond donors (Lipinski definition) is 1. The van der Waals surface area contributed by atoms with Gasteiger partial charge >= 0.3 is 12.1 Å². The number of likely N-dealkylation sites (tertiary alicyclic amines) is 1. The van der Waals surface area contributed by atoms with Crippen molar-refractivity contribution in [3.05, 3.63) is 11.6 Å². The van der Waals surface area contributed by atoms with Gasteiger partial charge in [0.25, 0.3) is 0 Å². The smallest absolute Gasteiger partial charge is 0.410 e. The highest BCUT2D eigenvalue weighted by Gasteiger charge is 2.50. The summed E-state index contributed by atoms with van der Waals surface area (Å²) < 4.78 is 17.3. The van der Waals surface area contributed by atoms with Gasteiger partial charge in [-0.2, -0.15) is 0 Å². The van der Waals surface area contributed by atoms with Crippen LogP contribution in [0.5, 0.6) is 0 Å². The van der Waals surface area contributed by atoms with Crippen LogP contribution in [0.3, 0.4) is 0 Å². The van der Waals surface area contributed by atoms with Gasteiger partial charge in [0.15, 0.2) is 0 Å². The Morgan fingerprint density at radius 3 is 2.63 bits per heavy atom. The predicted octanol–water partition coefficient (Wildman–Crippen LogP) is 2.84. The molecule has 3 fully saturated rings. The molecule has 0 spiro atoms. The number of carboxylic acids is 1. The summed E-state index contributed by atoms with van der Waals surface area (Å²) in [5.41, 5.74) is 1.29. The Labute approximate surface area is 160 Å². The van der Waals surface area contributed by atoms with Gasteiger partial charge in [0.05, 0.1) is 24.7 Å². The summed E-state index contributed by atoms with van der Waals surface area (Å²) in [5, 5.41) is 8.80. The molecule has 0 aromatic heterocycles. The summed E-state index contributed by atoms with van der Waals surface area (Å²) in [6.07, 6.45) is 5.74. The van der Waals surface area contributed by atoms with Crippen molar-refractivity contribution in [3.8, 4) is 0 Å². The number of hydrogen-bond acceptors (Lipinski definition) is 5. The maximum absolute atomic E-state index is 12.3. The van der Waals surface area contributed by atoms with Gasteiger partial charge in [-0.05, 0) is 39.5 Å². The van der Waals surface area contributed by atoms with Crippen LogP contribution in [0.1, 0.15) is 46.0 Å². The average Bonchev–Trinajstić information content (AvgIpc) is 3.35. The lowest BCUT2D eigenvalue weighted by molar-refractivity contribution is -0.139. The van der Waals surface area contributed by atoms with E-state index in [2.05, 4.69) is 19.9 Å². The molecule has 1 aliphatic carbocycles. The van der Waals surface area contributed by atoms with Gasteiger partial charge in [0, 0.05) is 32.0 Å². The maximum atomic E-state index is 12.3. The number of carboxylic acid groups (broad SMARTS) is 1. The minimum Gasteiger partial charge on any atom is -0.481 e. The Balaban J connectivity index is 1.46. The second-order valence-electron chi connectivity index (χ2n) is 8.28. The van der Waals surface area contributed by atoms with Crippen LogP contribution in [0.25, 0.3) is 0 Å². The molecule has 2 aliphatic heterocycles. The van der Waals surface area contributed by atoms with Crippen molar-refractivity contribution >= 4 is 12.1 Å². The molecule has 1 N–H and O–H groups in total. The highest BCUT2D eigenvalue weighted by Crippen LogP contribution is 2.42. The number of carbonyl (C=O) groups is 2. The highest BCUT2D eigenvalue weighted by molar-refractivity contribution is 5.71. The minimum absolute atomic E-state index is 0.0442. The SMILES string of the molecule is COC1CC[C@@H](OC(=O)N2CC(CC(=O)O)C2)CC1C1O[C@@H]1CC=C(C)C. The number of amides is 1. The molecule has 0 aromatic rings. The average molecular weight is 381 g/mol. The number of allylic oxidation sites excluding steroid dienone is 1. The fraction of sp³-hybridized carbons (Fsp3) is 0.800. The number of nitrogens with zero attached hydrogens (tertiary/aromatic N) is 1. The Morgan fingerprint density at radius 1 is 1.26 bits per heavy atom. The van der Waals surface area contributed by atoms with Crippen molar-refractivity contribution in [2.45, 2.75) is 70.4 Å². The van der Waals surface area contributed by atoms with Gasteiger partial charge in [0.2, 0.25) is 0 Å². The second kappa shape index (κ2) is 8.61. The molecule has 2 heterocycles. The molecule has 0 aromatic carbocycles. The third-order valence-corrected chi connectivity index (χ3v) is 5.84. The Kier molecular flexibility index (Phi) is 6.42. The van der Waals surface area contributed by atoms with Crippen LogP contribution in [0, 0.1) is 11.8 Å². The number of ether oxygens (including phenoxy) is 3. The summed E-state index contributed by atoms with van der Waals surface area (Å²) in [7, 11) is 1.74. The van der Waals surface area contributed by atoms with Crippen molar-refractivity contribution in [3.63, 3.8) is 0 Å². The van der Waals surface area contributed by atoms with Crippen LogP contribution < -0.4 is 0 Å². The lowest BCUT2D eigenvalue weighted by Gasteiger charge is -2.40. The molecule has 2 saturated heterocycles. The lowest BCUT2D eigenvalue weighted by atomic mass is 9.81. The van der Waals surface area contributed by atoms with E-state index < -0.39 is 5.97 Å². The van der Waals surface area contributed by atoms with E-state index in [4.69, 9.17) is 19.3 Å². The molecule has 7 heteroatoms. The third-order valence-electron chi connectivity index (χ3n) is 5.84. The van der Waals surface area contributed by atoms with Gasteiger partial charge in [-0.15, -0.1) is 0 Å². The van der Waals surface area contributed by atoms with Crippen LogP contribution in [0.4, 0.5) is 4.79 Å². The first-order chi connectivity index (χ1) is 12.9. The largest absolute Gasteiger partial charge is 0.481 e. The van der Waals surface area contributed by atoms with Crippen LogP contribution in [-0.4, -0.2) is 66.7 Å². The molecular formula is C20H31NO6. The standard InChI is InChI=1S/C20H31NO6/c1-12(2)4-6-17-19(27-17)15-9-14(5-7-16(15)25-3)26-20(24)21-10-13(11-21)8-18(22)23/h4,13-17,19H,5-11H2,1-3H3,(H,22,23)/t14-,15?,16?,17-,19?/m1/s1. The Hall–Kier alpha value is -1.60. The molecule has 1 amide bonds. The minimum atomic E-state index is -0.819. The van der Waals surface area contributed by atoms with Gasteiger partial charge in [0.1, 0.15) is 6.10 Å². The van der Waals surface area contributed by atoms with Crippen molar-refractivity contribution in [1.29, 1.82) is 0 Å². The summed E-state index contributed by atoms with van der Waals surface area (Å²) in [6, 6.07) is 0.